The van der Waals surface area contributed by atoms with Gasteiger partial charge in [0.1, 0.15) is 12.4 Å². The van der Waals surface area contributed by atoms with Gasteiger partial charge in [0.15, 0.2) is 0 Å². The normalized spacial score (nSPS) is 22.2. The van der Waals surface area contributed by atoms with E-state index in [1.807, 2.05) is 42.7 Å². The highest BCUT2D eigenvalue weighted by atomic mass is 32.2. The van der Waals surface area contributed by atoms with Crippen molar-refractivity contribution in [2.75, 3.05) is 18.6 Å². The first-order valence-electron chi connectivity index (χ1n) is 9.81. The number of benzene rings is 1. The van der Waals surface area contributed by atoms with Gasteiger partial charge in [-0.25, -0.2) is 4.98 Å². The second-order valence-electron chi connectivity index (χ2n) is 7.46. The molecule has 0 spiro atoms. The van der Waals surface area contributed by atoms with Gasteiger partial charge in [-0.1, -0.05) is 24.3 Å². The summed E-state index contributed by atoms with van der Waals surface area (Å²) < 4.78 is 0. The Morgan fingerprint density at radius 1 is 1.24 bits per heavy atom. The van der Waals surface area contributed by atoms with Gasteiger partial charge in [0.05, 0.1) is 28.9 Å². The maximum Gasteiger partial charge on any atom is 0.240 e. The maximum absolute atomic E-state index is 12.7. The predicted octanol–water partition coefficient (Wildman–Crippen LogP) is 2.42. The lowest BCUT2D eigenvalue weighted by molar-refractivity contribution is -0.143. The number of aromatic nitrogens is 2. The number of allylic oxidation sites excluding steroid dienone is 2. The first-order valence-corrected chi connectivity index (χ1v) is 11.2. The number of likely N-dealkylation sites (tertiary alicyclic amines) is 1. The number of aromatic amines is 1. The van der Waals surface area contributed by atoms with E-state index >= 15 is 0 Å². The number of nitrogens with zero attached hydrogens (tertiary/aromatic N) is 2. The average Bonchev–Trinajstić information content (AvgIpc) is 3.27. The van der Waals surface area contributed by atoms with E-state index in [4.69, 9.17) is 0 Å². The highest BCUT2D eigenvalue weighted by molar-refractivity contribution is 7.98. The van der Waals surface area contributed by atoms with E-state index in [9.17, 15) is 14.4 Å². The van der Waals surface area contributed by atoms with Gasteiger partial charge >= 0.3 is 0 Å². The summed E-state index contributed by atoms with van der Waals surface area (Å²) in [6.45, 7) is -0.235. The second kappa shape index (κ2) is 8.41. The van der Waals surface area contributed by atoms with E-state index in [-0.39, 0.29) is 42.1 Å². The number of imide groups is 1. The Bertz CT molecular complexity index is 911. The number of thioether (sulfide) groups is 1. The molecule has 0 radical (unpaired) electrons. The zero-order valence-electron chi connectivity index (χ0n) is 16.3. The quantitative estimate of drug-likeness (QED) is 0.538. The lowest BCUT2D eigenvalue weighted by Crippen LogP contribution is -2.42. The molecule has 0 bridgehead atoms. The van der Waals surface area contributed by atoms with Crippen LogP contribution in [0.25, 0.3) is 11.0 Å². The molecule has 1 aliphatic carbocycles. The number of rotatable bonds is 7. The zero-order chi connectivity index (χ0) is 20.4. The molecule has 2 heterocycles. The number of imidazole rings is 1. The lowest BCUT2D eigenvalue weighted by Gasteiger charge is -2.19. The minimum atomic E-state index is -0.343. The molecular weight excluding hydrogens is 388 g/mol. The van der Waals surface area contributed by atoms with Crippen LogP contribution in [0.1, 0.15) is 31.1 Å². The number of amides is 3. The molecule has 1 aliphatic heterocycles. The molecule has 2 aliphatic rings. The Kier molecular flexibility index (Phi) is 5.71. The van der Waals surface area contributed by atoms with Crippen LogP contribution in [0.5, 0.6) is 0 Å². The second-order valence-corrected chi connectivity index (χ2v) is 8.44. The van der Waals surface area contributed by atoms with Gasteiger partial charge in [-0.2, -0.15) is 11.8 Å². The molecule has 3 amide bonds. The maximum atomic E-state index is 12.7. The summed E-state index contributed by atoms with van der Waals surface area (Å²) in [5.41, 5.74) is 1.75. The number of para-hydroxylation sites is 2. The Morgan fingerprint density at radius 3 is 2.59 bits per heavy atom. The highest BCUT2D eigenvalue weighted by Crippen LogP contribution is 2.34. The van der Waals surface area contributed by atoms with Gasteiger partial charge in [-0.05, 0) is 43.4 Å². The van der Waals surface area contributed by atoms with E-state index in [1.54, 1.807) is 11.8 Å². The summed E-state index contributed by atoms with van der Waals surface area (Å²) >= 11 is 1.69. The molecule has 4 rings (SSSR count). The number of carbonyl (C=O) groups is 3. The van der Waals surface area contributed by atoms with E-state index in [1.165, 1.54) is 0 Å². The molecule has 0 saturated carbocycles. The number of nitrogens with one attached hydrogen (secondary N) is 2. The minimum absolute atomic E-state index is 0.232. The number of hydrogen-bond acceptors (Lipinski definition) is 5. The van der Waals surface area contributed by atoms with Crippen LogP contribution in [-0.4, -0.2) is 51.1 Å². The van der Waals surface area contributed by atoms with Crippen molar-refractivity contribution in [3.05, 3.63) is 42.2 Å². The molecule has 29 heavy (non-hydrogen) atoms. The molecule has 7 nitrogen and oxygen atoms in total. The van der Waals surface area contributed by atoms with Gasteiger partial charge in [-0.3, -0.25) is 19.3 Å². The number of fused-ring (bicyclic) bond motifs is 2. The molecule has 3 atom stereocenters. The fourth-order valence-corrected chi connectivity index (χ4v) is 4.53. The number of hydrogen-bond donors (Lipinski definition) is 2. The number of carbonyl (C=O) groups excluding carboxylic acids is 3. The summed E-state index contributed by atoms with van der Waals surface area (Å²) in [6.07, 6.45) is 7.73. The van der Waals surface area contributed by atoms with Crippen LogP contribution >= 0.6 is 11.8 Å². The third-order valence-electron chi connectivity index (χ3n) is 5.58. The molecule has 2 unspecified atom stereocenters. The van der Waals surface area contributed by atoms with Crippen molar-refractivity contribution in [1.82, 2.24) is 20.2 Å². The molecule has 1 fully saturated rings. The van der Waals surface area contributed by atoms with Crippen molar-refractivity contribution in [3.63, 3.8) is 0 Å². The molecule has 8 heteroatoms. The van der Waals surface area contributed by atoms with Gasteiger partial charge in [0.25, 0.3) is 0 Å². The van der Waals surface area contributed by atoms with Gasteiger partial charge in [-0.15, -0.1) is 0 Å². The zero-order valence-corrected chi connectivity index (χ0v) is 17.1. The summed E-state index contributed by atoms with van der Waals surface area (Å²) in [5, 5.41) is 2.97. The first-order chi connectivity index (χ1) is 14.1. The van der Waals surface area contributed by atoms with Crippen molar-refractivity contribution >= 4 is 40.5 Å². The van der Waals surface area contributed by atoms with Gasteiger partial charge in [0.2, 0.25) is 17.7 Å². The molecule has 1 aromatic heterocycles. The van der Waals surface area contributed by atoms with Crippen LogP contribution in [0.15, 0.2) is 36.4 Å². The van der Waals surface area contributed by atoms with E-state index in [2.05, 4.69) is 15.3 Å². The van der Waals surface area contributed by atoms with E-state index in [0.29, 0.717) is 25.1 Å². The minimum Gasteiger partial charge on any atom is -0.345 e. The van der Waals surface area contributed by atoms with E-state index in [0.717, 1.165) is 21.7 Å². The fourth-order valence-electron chi connectivity index (χ4n) is 4.06. The predicted molar refractivity (Wildman–Crippen MR) is 112 cm³/mol. The smallest absolute Gasteiger partial charge is 0.240 e. The average molecular weight is 413 g/mol. The van der Waals surface area contributed by atoms with Crippen LogP contribution in [0, 0.1) is 11.8 Å². The van der Waals surface area contributed by atoms with Crippen molar-refractivity contribution in [2.24, 2.45) is 11.8 Å². The molecule has 1 saturated heterocycles. The van der Waals surface area contributed by atoms with Gasteiger partial charge < -0.3 is 10.3 Å². The van der Waals surface area contributed by atoms with Crippen molar-refractivity contribution < 1.29 is 14.4 Å². The lowest BCUT2D eigenvalue weighted by atomic mass is 9.85. The Labute approximate surface area is 173 Å². The van der Waals surface area contributed by atoms with Crippen molar-refractivity contribution in [3.8, 4) is 0 Å². The third kappa shape index (κ3) is 3.94. The van der Waals surface area contributed by atoms with Crippen LogP contribution in [0.2, 0.25) is 0 Å². The molecule has 152 valence electrons. The Balaban J connectivity index is 1.47. The summed E-state index contributed by atoms with van der Waals surface area (Å²) in [7, 11) is 0. The van der Waals surface area contributed by atoms with Crippen LogP contribution in [-0.2, 0) is 14.4 Å². The highest BCUT2D eigenvalue weighted by Gasteiger charge is 2.47. The third-order valence-corrected chi connectivity index (χ3v) is 6.23. The summed E-state index contributed by atoms with van der Waals surface area (Å²) in [5.74, 6) is 0.0912. The summed E-state index contributed by atoms with van der Waals surface area (Å²) in [4.78, 5) is 46.9. The first kappa shape index (κ1) is 19.7. The Morgan fingerprint density at radius 2 is 1.93 bits per heavy atom. The van der Waals surface area contributed by atoms with Crippen LogP contribution in [0.3, 0.4) is 0 Å². The van der Waals surface area contributed by atoms with Crippen molar-refractivity contribution in [2.45, 2.75) is 25.3 Å². The Hall–Kier alpha value is -2.61. The monoisotopic (exact) mass is 412 g/mol. The molecular formula is C21H24N4O3S. The van der Waals surface area contributed by atoms with Gasteiger partial charge in [0, 0.05) is 0 Å². The van der Waals surface area contributed by atoms with Crippen molar-refractivity contribution in [1.29, 1.82) is 0 Å². The fraction of sp³-hybridized carbons (Fsp3) is 0.429. The SMILES string of the molecule is CSCC[C@@H](NC(=O)CN1C(=O)C2CC=CCC2C1=O)c1nc2ccccc2[nH]1. The topological polar surface area (TPSA) is 95.2 Å². The molecule has 1 aromatic carbocycles. The van der Waals surface area contributed by atoms with Crippen LogP contribution in [0.4, 0.5) is 0 Å². The largest absolute Gasteiger partial charge is 0.345 e. The van der Waals surface area contributed by atoms with E-state index < -0.39 is 0 Å². The molecule has 2 N–H and O–H groups in total. The molecule has 2 aromatic rings. The van der Waals surface area contributed by atoms with Crippen LogP contribution < -0.4 is 5.32 Å². The summed E-state index contributed by atoms with van der Waals surface area (Å²) in [6, 6.07) is 7.40. The standard InChI is InChI=1S/C21H24N4O3S/c1-29-11-10-17(19-23-15-8-4-5-9-16(15)24-19)22-18(26)12-25-20(27)13-6-2-3-7-14(13)21(25)28/h2-5,8-9,13-14,17H,6-7,10-12H2,1H3,(H,22,26)(H,23,24)/t13?,14?,17-/m1/s1. The number of H-pyrrole nitrogens is 1.